The van der Waals surface area contributed by atoms with Gasteiger partial charge >= 0.3 is 0 Å². The van der Waals surface area contributed by atoms with Crippen LogP contribution in [0.25, 0.3) is 0 Å². The molecule has 0 N–H and O–H groups in total. The zero-order valence-corrected chi connectivity index (χ0v) is 10.3. The maximum absolute atomic E-state index is 12.7. The van der Waals surface area contributed by atoms with Gasteiger partial charge in [-0.2, -0.15) is 0 Å². The lowest BCUT2D eigenvalue weighted by Crippen LogP contribution is -1.96. The molecule has 0 heterocycles. The molecule has 2 aromatic rings. The SMILES string of the molecule is Fc1ccc(OCc2cc(Cl)ccc2Cl)cc1. The molecule has 2 aromatic carbocycles. The van der Waals surface area contributed by atoms with E-state index in [2.05, 4.69) is 0 Å². The highest BCUT2D eigenvalue weighted by atomic mass is 35.5. The number of ether oxygens (including phenoxy) is 1. The molecule has 0 aliphatic carbocycles. The van der Waals surface area contributed by atoms with Crippen LogP contribution in [0.15, 0.2) is 42.5 Å². The Morgan fingerprint density at radius 2 is 1.71 bits per heavy atom. The second-order valence-corrected chi connectivity index (χ2v) is 4.32. The lowest BCUT2D eigenvalue weighted by atomic mass is 10.2. The van der Waals surface area contributed by atoms with Crippen LogP contribution < -0.4 is 4.74 Å². The third-order valence-electron chi connectivity index (χ3n) is 2.22. The van der Waals surface area contributed by atoms with Crippen molar-refractivity contribution in [3.63, 3.8) is 0 Å². The molecule has 0 bridgehead atoms. The van der Waals surface area contributed by atoms with Gasteiger partial charge in [0.25, 0.3) is 0 Å². The number of halogens is 3. The van der Waals surface area contributed by atoms with E-state index < -0.39 is 0 Å². The Labute approximate surface area is 109 Å². The highest BCUT2D eigenvalue weighted by Crippen LogP contribution is 2.22. The van der Waals surface area contributed by atoms with Gasteiger partial charge in [0.15, 0.2) is 0 Å². The van der Waals surface area contributed by atoms with E-state index in [4.69, 9.17) is 27.9 Å². The van der Waals surface area contributed by atoms with Crippen molar-refractivity contribution in [1.29, 1.82) is 0 Å². The molecule has 0 radical (unpaired) electrons. The Hall–Kier alpha value is -1.25. The highest BCUT2D eigenvalue weighted by Gasteiger charge is 2.02. The van der Waals surface area contributed by atoms with Crippen molar-refractivity contribution in [3.8, 4) is 5.75 Å². The van der Waals surface area contributed by atoms with Gasteiger partial charge in [0.2, 0.25) is 0 Å². The fourth-order valence-electron chi connectivity index (χ4n) is 1.35. The molecule has 0 unspecified atom stereocenters. The molecular weight excluding hydrogens is 262 g/mol. The van der Waals surface area contributed by atoms with Crippen molar-refractivity contribution >= 4 is 23.2 Å². The van der Waals surface area contributed by atoms with Crippen LogP contribution in [0.5, 0.6) is 5.75 Å². The van der Waals surface area contributed by atoms with E-state index in [1.54, 1.807) is 30.3 Å². The molecule has 0 amide bonds. The van der Waals surface area contributed by atoms with Gasteiger partial charge in [0.1, 0.15) is 18.2 Å². The first-order valence-electron chi connectivity index (χ1n) is 4.97. The number of hydrogen-bond acceptors (Lipinski definition) is 1. The Kier molecular flexibility index (Phi) is 3.87. The van der Waals surface area contributed by atoms with Gasteiger partial charge in [-0.15, -0.1) is 0 Å². The Bertz CT molecular complexity index is 511. The zero-order chi connectivity index (χ0) is 12.3. The van der Waals surface area contributed by atoms with Crippen LogP contribution in [0.4, 0.5) is 4.39 Å². The van der Waals surface area contributed by atoms with E-state index >= 15 is 0 Å². The van der Waals surface area contributed by atoms with Crippen LogP contribution in [0.2, 0.25) is 10.0 Å². The summed E-state index contributed by atoms with van der Waals surface area (Å²) in [6, 6.07) is 11.0. The number of hydrogen-bond donors (Lipinski definition) is 0. The van der Waals surface area contributed by atoms with E-state index in [0.29, 0.717) is 22.4 Å². The van der Waals surface area contributed by atoms with Gasteiger partial charge in [-0.1, -0.05) is 23.2 Å². The largest absolute Gasteiger partial charge is 0.489 e. The normalized spacial score (nSPS) is 10.3. The average molecular weight is 271 g/mol. The average Bonchev–Trinajstić information content (AvgIpc) is 2.32. The van der Waals surface area contributed by atoms with Crippen molar-refractivity contribution < 1.29 is 9.13 Å². The van der Waals surface area contributed by atoms with Crippen LogP contribution in [0.3, 0.4) is 0 Å². The molecule has 17 heavy (non-hydrogen) atoms. The van der Waals surface area contributed by atoms with E-state index in [1.165, 1.54) is 12.1 Å². The molecule has 0 aromatic heterocycles. The summed E-state index contributed by atoms with van der Waals surface area (Å²) in [7, 11) is 0. The van der Waals surface area contributed by atoms with E-state index in [-0.39, 0.29) is 5.82 Å². The van der Waals surface area contributed by atoms with Gasteiger partial charge < -0.3 is 4.74 Å². The first kappa shape index (κ1) is 12.2. The second kappa shape index (κ2) is 5.39. The maximum Gasteiger partial charge on any atom is 0.123 e. The molecule has 0 atom stereocenters. The molecule has 0 aliphatic heterocycles. The topological polar surface area (TPSA) is 9.23 Å². The Morgan fingerprint density at radius 3 is 2.41 bits per heavy atom. The molecule has 88 valence electrons. The molecule has 0 saturated heterocycles. The minimum absolute atomic E-state index is 0.293. The van der Waals surface area contributed by atoms with Gasteiger partial charge in [0.05, 0.1) is 0 Å². The monoisotopic (exact) mass is 270 g/mol. The predicted molar refractivity (Wildman–Crippen MR) is 67.2 cm³/mol. The number of benzene rings is 2. The predicted octanol–water partition coefficient (Wildman–Crippen LogP) is 4.71. The third kappa shape index (κ3) is 3.35. The van der Waals surface area contributed by atoms with Crippen molar-refractivity contribution in [2.45, 2.75) is 6.61 Å². The lowest BCUT2D eigenvalue weighted by Gasteiger charge is -2.08. The third-order valence-corrected chi connectivity index (χ3v) is 2.82. The second-order valence-electron chi connectivity index (χ2n) is 3.48. The van der Waals surface area contributed by atoms with Crippen LogP contribution in [0.1, 0.15) is 5.56 Å². The summed E-state index contributed by atoms with van der Waals surface area (Å²) in [6.45, 7) is 0.297. The minimum Gasteiger partial charge on any atom is -0.489 e. The Balaban J connectivity index is 2.07. The van der Waals surface area contributed by atoms with Crippen LogP contribution >= 0.6 is 23.2 Å². The molecule has 0 saturated carbocycles. The molecular formula is C13H9Cl2FO. The molecule has 1 nitrogen and oxygen atoms in total. The van der Waals surface area contributed by atoms with E-state index in [9.17, 15) is 4.39 Å². The highest BCUT2D eigenvalue weighted by molar-refractivity contribution is 6.33. The summed E-state index contributed by atoms with van der Waals surface area (Å²) in [5.41, 5.74) is 0.795. The standard InChI is InChI=1S/C13H9Cl2FO/c14-10-1-6-13(15)9(7-10)8-17-12-4-2-11(16)3-5-12/h1-7H,8H2. The first-order valence-corrected chi connectivity index (χ1v) is 5.73. The zero-order valence-electron chi connectivity index (χ0n) is 8.79. The van der Waals surface area contributed by atoms with Crippen molar-refractivity contribution in [3.05, 3.63) is 63.9 Å². The summed E-state index contributed by atoms with van der Waals surface area (Å²) in [4.78, 5) is 0. The maximum atomic E-state index is 12.7. The van der Waals surface area contributed by atoms with E-state index in [1.807, 2.05) is 0 Å². The lowest BCUT2D eigenvalue weighted by molar-refractivity contribution is 0.306. The summed E-state index contributed by atoms with van der Waals surface area (Å²) < 4.78 is 18.1. The van der Waals surface area contributed by atoms with Crippen molar-refractivity contribution in [2.24, 2.45) is 0 Å². The molecule has 0 spiro atoms. The van der Waals surface area contributed by atoms with Gasteiger partial charge in [-0.05, 0) is 42.5 Å². The summed E-state index contributed by atoms with van der Waals surface area (Å²) in [5, 5.41) is 1.20. The van der Waals surface area contributed by atoms with Gasteiger partial charge in [-0.3, -0.25) is 0 Å². The smallest absolute Gasteiger partial charge is 0.123 e. The van der Waals surface area contributed by atoms with Crippen molar-refractivity contribution in [2.75, 3.05) is 0 Å². The van der Waals surface area contributed by atoms with Crippen LogP contribution in [0, 0.1) is 5.82 Å². The number of rotatable bonds is 3. The fourth-order valence-corrected chi connectivity index (χ4v) is 1.71. The summed E-state index contributed by atoms with van der Waals surface area (Å²) in [5.74, 6) is 0.292. The molecule has 0 aliphatic rings. The quantitative estimate of drug-likeness (QED) is 0.785. The van der Waals surface area contributed by atoms with Crippen molar-refractivity contribution in [1.82, 2.24) is 0 Å². The van der Waals surface area contributed by atoms with Gasteiger partial charge in [0, 0.05) is 15.6 Å². The van der Waals surface area contributed by atoms with Gasteiger partial charge in [-0.25, -0.2) is 4.39 Å². The van der Waals surface area contributed by atoms with Crippen LogP contribution in [-0.4, -0.2) is 0 Å². The summed E-state index contributed by atoms with van der Waals surface area (Å²) >= 11 is 11.8. The first-order chi connectivity index (χ1) is 8.15. The summed E-state index contributed by atoms with van der Waals surface area (Å²) in [6.07, 6.45) is 0. The van der Waals surface area contributed by atoms with Crippen LogP contribution in [-0.2, 0) is 6.61 Å². The molecule has 2 rings (SSSR count). The molecule has 4 heteroatoms. The molecule has 0 fully saturated rings. The van der Waals surface area contributed by atoms with E-state index in [0.717, 1.165) is 5.56 Å². The Morgan fingerprint density at radius 1 is 1.00 bits per heavy atom. The minimum atomic E-state index is -0.293. The fraction of sp³-hybridized carbons (Fsp3) is 0.0769.